The summed E-state index contributed by atoms with van der Waals surface area (Å²) >= 11 is 0. The second-order valence-electron chi connectivity index (χ2n) is 5.07. The highest BCUT2D eigenvalue weighted by atomic mass is 35.5. The summed E-state index contributed by atoms with van der Waals surface area (Å²) in [7, 11) is 0. The number of halogens is 5. The summed E-state index contributed by atoms with van der Waals surface area (Å²) in [6.45, 7) is 2.34. The molecule has 2 heterocycles. The van der Waals surface area contributed by atoms with Gasteiger partial charge in [0.15, 0.2) is 0 Å². The molecule has 2 aromatic heterocycles. The third-order valence-corrected chi connectivity index (χ3v) is 3.53. The Labute approximate surface area is 154 Å². The summed E-state index contributed by atoms with van der Waals surface area (Å²) < 4.78 is 40.9. The van der Waals surface area contributed by atoms with E-state index < -0.39 is 17.8 Å². The fourth-order valence-corrected chi connectivity index (χ4v) is 2.28. The van der Waals surface area contributed by atoms with Crippen LogP contribution < -0.4 is 0 Å². The Morgan fingerprint density at radius 3 is 2.52 bits per heavy atom. The fraction of sp³-hybridized carbons (Fsp3) is 0.188. The van der Waals surface area contributed by atoms with Crippen molar-refractivity contribution in [3.8, 4) is 11.1 Å². The lowest BCUT2D eigenvalue weighted by molar-refractivity contribution is 0.146. The van der Waals surface area contributed by atoms with E-state index in [-0.39, 0.29) is 24.8 Å². The van der Waals surface area contributed by atoms with Gasteiger partial charge in [-0.3, -0.25) is 0 Å². The van der Waals surface area contributed by atoms with Crippen molar-refractivity contribution in [2.45, 2.75) is 19.9 Å². The molecule has 0 spiro atoms. The minimum Gasteiger partial charge on any atom is -0.329 e. The average Bonchev–Trinajstić information content (AvgIpc) is 2.93. The van der Waals surface area contributed by atoms with Crippen LogP contribution in [-0.2, 0) is 6.54 Å². The summed E-state index contributed by atoms with van der Waals surface area (Å²) in [5.41, 5.74) is 1.12. The molecule has 25 heavy (non-hydrogen) atoms. The number of benzene rings is 1. The fourth-order valence-electron chi connectivity index (χ4n) is 2.28. The van der Waals surface area contributed by atoms with Crippen molar-refractivity contribution < 1.29 is 13.2 Å². The molecule has 0 fully saturated rings. The summed E-state index contributed by atoms with van der Waals surface area (Å²) in [5.74, 6) is -0.0843. The third kappa shape index (κ3) is 4.70. The Kier molecular flexibility index (Phi) is 7.38. The van der Waals surface area contributed by atoms with E-state index >= 15 is 0 Å². The molecule has 0 bridgehead atoms. The van der Waals surface area contributed by atoms with Gasteiger partial charge < -0.3 is 4.57 Å². The van der Waals surface area contributed by atoms with Gasteiger partial charge in [0.25, 0.3) is 6.43 Å². The number of imidazole rings is 1. The molecule has 9 heteroatoms. The largest absolute Gasteiger partial charge is 0.329 e. The molecule has 0 N–H and O–H groups in total. The first-order valence-corrected chi connectivity index (χ1v) is 6.92. The zero-order valence-corrected chi connectivity index (χ0v) is 14.7. The summed E-state index contributed by atoms with van der Waals surface area (Å²) in [6, 6.07) is 5.37. The molecule has 0 saturated carbocycles. The molecule has 0 aliphatic heterocycles. The first-order chi connectivity index (χ1) is 11.0. The second kappa shape index (κ2) is 8.82. The van der Waals surface area contributed by atoms with E-state index in [0.717, 1.165) is 18.0 Å². The Balaban J connectivity index is 0.00000156. The Morgan fingerprint density at radius 2 is 1.88 bits per heavy atom. The molecular weight excluding hydrogens is 376 g/mol. The number of aromatic nitrogens is 4. The van der Waals surface area contributed by atoms with E-state index in [1.807, 2.05) is 17.7 Å². The van der Waals surface area contributed by atoms with Crippen molar-refractivity contribution in [1.29, 1.82) is 0 Å². The van der Waals surface area contributed by atoms with Crippen LogP contribution in [0.4, 0.5) is 13.2 Å². The van der Waals surface area contributed by atoms with Gasteiger partial charge in [-0.25, -0.2) is 18.2 Å². The smallest absolute Gasteiger partial charge is 0.266 e. The first kappa shape index (κ1) is 20.9. The highest BCUT2D eigenvalue weighted by Crippen LogP contribution is 2.28. The van der Waals surface area contributed by atoms with Crippen LogP contribution in [0, 0.1) is 12.7 Å². The molecule has 0 aliphatic carbocycles. The molecule has 0 amide bonds. The van der Waals surface area contributed by atoms with Gasteiger partial charge in [-0.2, -0.15) is 10.2 Å². The molecule has 134 valence electrons. The molecule has 0 saturated heterocycles. The van der Waals surface area contributed by atoms with Gasteiger partial charge in [-0.15, -0.1) is 24.8 Å². The number of hydrogen-bond donors (Lipinski definition) is 0. The average molecular weight is 391 g/mol. The van der Waals surface area contributed by atoms with E-state index in [9.17, 15) is 13.2 Å². The maximum absolute atomic E-state index is 13.4. The predicted octanol–water partition coefficient (Wildman–Crippen LogP) is 4.62. The van der Waals surface area contributed by atoms with Gasteiger partial charge in [0.2, 0.25) is 0 Å². The molecule has 0 radical (unpaired) electrons. The van der Waals surface area contributed by atoms with Crippen LogP contribution in [0.1, 0.15) is 23.5 Å². The van der Waals surface area contributed by atoms with Crippen molar-refractivity contribution in [2.75, 3.05) is 0 Å². The van der Waals surface area contributed by atoms with Crippen molar-refractivity contribution >= 4 is 24.8 Å². The topological polar surface area (TPSA) is 43.6 Å². The van der Waals surface area contributed by atoms with Gasteiger partial charge in [-0.1, -0.05) is 6.07 Å². The van der Waals surface area contributed by atoms with E-state index in [0.29, 0.717) is 23.4 Å². The zero-order chi connectivity index (χ0) is 16.4. The Morgan fingerprint density at radius 1 is 1.12 bits per heavy atom. The molecule has 3 aromatic rings. The quantitative estimate of drug-likeness (QED) is 0.652. The minimum absolute atomic E-state index is 0. The van der Waals surface area contributed by atoms with Gasteiger partial charge >= 0.3 is 0 Å². The SMILES string of the molecule is Cc1nccn1Cc1cc(-c2ccc(F)c(C(F)F)c2)cnn1.Cl.Cl. The number of hydrogen-bond acceptors (Lipinski definition) is 3. The summed E-state index contributed by atoms with van der Waals surface area (Å²) in [4.78, 5) is 4.12. The Bertz CT molecular complexity index is 840. The van der Waals surface area contributed by atoms with E-state index in [4.69, 9.17) is 0 Å². The van der Waals surface area contributed by atoms with Gasteiger partial charge in [-0.05, 0) is 30.7 Å². The zero-order valence-electron chi connectivity index (χ0n) is 13.1. The lowest BCUT2D eigenvalue weighted by Gasteiger charge is -2.08. The number of alkyl halides is 2. The lowest BCUT2D eigenvalue weighted by Crippen LogP contribution is -2.04. The van der Waals surface area contributed by atoms with Crippen molar-refractivity contribution in [3.05, 3.63) is 65.8 Å². The standard InChI is InChI=1S/C16H13F3N4.2ClH/c1-10-20-4-5-23(10)9-13-6-12(8-21-22-13)11-2-3-15(17)14(7-11)16(18)19;;/h2-8,16H,9H2,1H3;2*1H. The summed E-state index contributed by atoms with van der Waals surface area (Å²) in [6.07, 6.45) is 2.10. The highest BCUT2D eigenvalue weighted by molar-refractivity contribution is 5.85. The maximum atomic E-state index is 13.4. The number of rotatable bonds is 4. The van der Waals surface area contributed by atoms with Crippen molar-refractivity contribution in [3.63, 3.8) is 0 Å². The molecule has 4 nitrogen and oxygen atoms in total. The molecule has 1 aromatic carbocycles. The summed E-state index contributed by atoms with van der Waals surface area (Å²) in [5, 5.41) is 7.94. The van der Waals surface area contributed by atoms with Crippen LogP contribution in [0.2, 0.25) is 0 Å². The van der Waals surface area contributed by atoms with Crippen LogP contribution in [0.15, 0.2) is 42.9 Å². The van der Waals surface area contributed by atoms with Crippen LogP contribution in [-0.4, -0.2) is 19.7 Å². The van der Waals surface area contributed by atoms with E-state index in [2.05, 4.69) is 15.2 Å². The number of aryl methyl sites for hydroxylation is 1. The molecule has 0 atom stereocenters. The van der Waals surface area contributed by atoms with Crippen LogP contribution in [0.5, 0.6) is 0 Å². The molecular formula is C16H15Cl2F3N4. The van der Waals surface area contributed by atoms with Gasteiger partial charge in [0.1, 0.15) is 11.6 Å². The maximum Gasteiger partial charge on any atom is 0.266 e. The van der Waals surface area contributed by atoms with Gasteiger partial charge in [0.05, 0.1) is 24.0 Å². The van der Waals surface area contributed by atoms with Crippen LogP contribution in [0.3, 0.4) is 0 Å². The van der Waals surface area contributed by atoms with E-state index in [1.165, 1.54) is 12.3 Å². The van der Waals surface area contributed by atoms with E-state index in [1.54, 1.807) is 12.3 Å². The van der Waals surface area contributed by atoms with Crippen LogP contribution >= 0.6 is 24.8 Å². The lowest BCUT2D eigenvalue weighted by atomic mass is 10.0. The van der Waals surface area contributed by atoms with Crippen LogP contribution in [0.25, 0.3) is 11.1 Å². The molecule has 0 unspecified atom stereocenters. The molecule has 0 aliphatic rings. The predicted molar refractivity (Wildman–Crippen MR) is 92.9 cm³/mol. The highest BCUT2D eigenvalue weighted by Gasteiger charge is 2.14. The minimum atomic E-state index is -2.86. The molecule has 3 rings (SSSR count). The van der Waals surface area contributed by atoms with Crippen molar-refractivity contribution in [1.82, 2.24) is 19.7 Å². The third-order valence-electron chi connectivity index (χ3n) is 3.53. The number of nitrogens with zero attached hydrogens (tertiary/aromatic N) is 4. The normalized spacial score (nSPS) is 10.3. The van der Waals surface area contributed by atoms with Crippen molar-refractivity contribution in [2.24, 2.45) is 0 Å². The van der Waals surface area contributed by atoms with Gasteiger partial charge in [0, 0.05) is 18.0 Å². The first-order valence-electron chi connectivity index (χ1n) is 6.92. The second-order valence-corrected chi connectivity index (χ2v) is 5.07. The monoisotopic (exact) mass is 390 g/mol. The Hall–Kier alpha value is -2.12.